The van der Waals surface area contributed by atoms with Crippen molar-refractivity contribution in [1.29, 1.82) is 0 Å². The SMILES string of the molecule is CCS(=O)(=O)c1cccc(CC(=O)N(CC(=O)O)Cc2ccccc2)c1. The summed E-state index contributed by atoms with van der Waals surface area (Å²) in [6, 6.07) is 15.3. The Hall–Kier alpha value is -2.67. The van der Waals surface area contributed by atoms with Gasteiger partial charge in [0.1, 0.15) is 6.54 Å². The van der Waals surface area contributed by atoms with E-state index < -0.39 is 22.4 Å². The lowest BCUT2D eigenvalue weighted by atomic mass is 10.1. The summed E-state index contributed by atoms with van der Waals surface area (Å²) in [4.78, 5) is 25.1. The minimum Gasteiger partial charge on any atom is -0.480 e. The van der Waals surface area contributed by atoms with Crippen molar-refractivity contribution in [3.63, 3.8) is 0 Å². The molecule has 0 fully saturated rings. The van der Waals surface area contributed by atoms with Crippen molar-refractivity contribution in [3.8, 4) is 0 Å². The average Bonchev–Trinajstić information content (AvgIpc) is 2.62. The molecule has 0 radical (unpaired) electrons. The molecule has 2 aromatic carbocycles. The second-order valence-electron chi connectivity index (χ2n) is 5.86. The molecule has 7 heteroatoms. The van der Waals surface area contributed by atoms with E-state index >= 15 is 0 Å². The summed E-state index contributed by atoms with van der Waals surface area (Å²) in [7, 11) is -3.36. The van der Waals surface area contributed by atoms with Crippen LogP contribution >= 0.6 is 0 Å². The fraction of sp³-hybridized carbons (Fsp3) is 0.263. The molecule has 0 bridgehead atoms. The molecule has 0 aliphatic carbocycles. The Morgan fingerprint density at radius 2 is 1.65 bits per heavy atom. The fourth-order valence-corrected chi connectivity index (χ4v) is 3.45. The van der Waals surface area contributed by atoms with Gasteiger partial charge >= 0.3 is 5.97 Å². The summed E-state index contributed by atoms with van der Waals surface area (Å²) >= 11 is 0. The number of sulfone groups is 1. The molecule has 0 heterocycles. The molecule has 138 valence electrons. The summed E-state index contributed by atoms with van der Waals surface area (Å²) in [6.45, 7) is 1.32. The second kappa shape index (κ2) is 8.62. The summed E-state index contributed by atoms with van der Waals surface area (Å²) in [5, 5.41) is 9.09. The summed E-state index contributed by atoms with van der Waals surface area (Å²) in [6.07, 6.45) is -0.0623. The lowest BCUT2D eigenvalue weighted by molar-refractivity contribution is -0.144. The Bertz CT molecular complexity index is 878. The van der Waals surface area contributed by atoms with Crippen LogP contribution in [0.25, 0.3) is 0 Å². The second-order valence-corrected chi connectivity index (χ2v) is 8.13. The largest absolute Gasteiger partial charge is 0.480 e. The van der Waals surface area contributed by atoms with Gasteiger partial charge in [0, 0.05) is 6.54 Å². The van der Waals surface area contributed by atoms with Gasteiger partial charge < -0.3 is 10.0 Å². The Morgan fingerprint density at radius 3 is 2.27 bits per heavy atom. The van der Waals surface area contributed by atoms with E-state index in [2.05, 4.69) is 0 Å². The van der Waals surface area contributed by atoms with E-state index in [1.54, 1.807) is 19.1 Å². The van der Waals surface area contributed by atoms with Crippen LogP contribution in [0.5, 0.6) is 0 Å². The number of hydrogen-bond acceptors (Lipinski definition) is 4. The maximum atomic E-state index is 12.6. The lowest BCUT2D eigenvalue weighted by Crippen LogP contribution is -2.36. The third kappa shape index (κ3) is 5.42. The van der Waals surface area contributed by atoms with E-state index in [1.165, 1.54) is 17.0 Å². The molecule has 0 saturated heterocycles. The van der Waals surface area contributed by atoms with Crippen LogP contribution in [0.3, 0.4) is 0 Å². The first-order valence-electron chi connectivity index (χ1n) is 8.17. The molecule has 1 N–H and O–H groups in total. The van der Waals surface area contributed by atoms with Crippen LogP contribution in [0.15, 0.2) is 59.5 Å². The van der Waals surface area contributed by atoms with Crippen LogP contribution < -0.4 is 0 Å². The number of benzene rings is 2. The molecule has 0 aliphatic rings. The number of hydrogen-bond donors (Lipinski definition) is 1. The fourth-order valence-electron chi connectivity index (χ4n) is 2.50. The molecule has 0 spiro atoms. The van der Waals surface area contributed by atoms with Gasteiger partial charge in [-0.05, 0) is 23.3 Å². The van der Waals surface area contributed by atoms with Crippen LogP contribution in [0.2, 0.25) is 0 Å². The number of amides is 1. The summed E-state index contributed by atoms with van der Waals surface area (Å²) in [5.41, 5.74) is 1.36. The Morgan fingerprint density at radius 1 is 1.00 bits per heavy atom. The Balaban J connectivity index is 2.19. The van der Waals surface area contributed by atoms with Crippen molar-refractivity contribution in [1.82, 2.24) is 4.90 Å². The summed E-state index contributed by atoms with van der Waals surface area (Å²) in [5.74, 6) is -1.50. The monoisotopic (exact) mass is 375 g/mol. The van der Waals surface area contributed by atoms with Crippen LogP contribution in [-0.4, -0.2) is 42.6 Å². The van der Waals surface area contributed by atoms with Gasteiger partial charge in [-0.15, -0.1) is 0 Å². The zero-order valence-corrected chi connectivity index (χ0v) is 15.3. The first-order chi connectivity index (χ1) is 12.3. The highest BCUT2D eigenvalue weighted by Crippen LogP contribution is 2.15. The minimum atomic E-state index is -3.36. The third-order valence-electron chi connectivity index (χ3n) is 3.89. The summed E-state index contributed by atoms with van der Waals surface area (Å²) < 4.78 is 24.0. The normalized spacial score (nSPS) is 11.1. The van der Waals surface area contributed by atoms with E-state index in [4.69, 9.17) is 5.11 Å². The van der Waals surface area contributed by atoms with Crippen molar-refractivity contribution in [2.45, 2.75) is 24.8 Å². The van der Waals surface area contributed by atoms with E-state index in [0.717, 1.165) is 5.56 Å². The molecule has 1 amide bonds. The van der Waals surface area contributed by atoms with Gasteiger partial charge in [-0.25, -0.2) is 8.42 Å². The number of nitrogens with zero attached hydrogens (tertiary/aromatic N) is 1. The lowest BCUT2D eigenvalue weighted by Gasteiger charge is -2.21. The van der Waals surface area contributed by atoms with E-state index in [1.807, 2.05) is 30.3 Å². The molecule has 0 atom stereocenters. The quantitative estimate of drug-likeness (QED) is 0.763. The van der Waals surface area contributed by atoms with Gasteiger partial charge in [0.2, 0.25) is 5.91 Å². The van der Waals surface area contributed by atoms with Crippen LogP contribution in [0.4, 0.5) is 0 Å². The highest BCUT2D eigenvalue weighted by molar-refractivity contribution is 7.91. The molecule has 2 rings (SSSR count). The average molecular weight is 375 g/mol. The zero-order valence-electron chi connectivity index (χ0n) is 14.5. The highest BCUT2D eigenvalue weighted by Gasteiger charge is 2.19. The van der Waals surface area contributed by atoms with Crippen molar-refractivity contribution in [3.05, 3.63) is 65.7 Å². The molecule has 26 heavy (non-hydrogen) atoms. The standard InChI is InChI=1S/C19H21NO5S/c1-2-26(24,25)17-10-6-9-16(11-17)12-18(21)20(14-19(22)23)13-15-7-4-3-5-8-15/h3-11H,2,12-14H2,1H3,(H,22,23). The molecule has 0 unspecified atom stereocenters. The van der Waals surface area contributed by atoms with Gasteiger partial charge in [0.05, 0.1) is 17.1 Å². The predicted octanol–water partition coefficient (Wildman–Crippen LogP) is 2.14. The number of aliphatic carboxylic acids is 1. The van der Waals surface area contributed by atoms with Gasteiger partial charge in [0.25, 0.3) is 0 Å². The molecular weight excluding hydrogens is 354 g/mol. The third-order valence-corrected chi connectivity index (χ3v) is 5.62. The molecular formula is C19H21NO5S. The molecule has 0 saturated carbocycles. The maximum absolute atomic E-state index is 12.6. The molecule has 2 aromatic rings. The van der Waals surface area contributed by atoms with Gasteiger partial charge in [0.15, 0.2) is 9.84 Å². The Labute approximate surface area is 153 Å². The Kier molecular flexibility index (Phi) is 6.52. The predicted molar refractivity (Wildman–Crippen MR) is 97.4 cm³/mol. The topological polar surface area (TPSA) is 91.8 Å². The van der Waals surface area contributed by atoms with Crippen LogP contribution in [0, 0.1) is 0 Å². The first-order valence-corrected chi connectivity index (χ1v) is 9.82. The van der Waals surface area contributed by atoms with E-state index in [0.29, 0.717) is 5.56 Å². The van der Waals surface area contributed by atoms with Crippen LogP contribution in [-0.2, 0) is 32.4 Å². The van der Waals surface area contributed by atoms with Crippen molar-refractivity contribution < 1.29 is 23.1 Å². The number of carbonyl (C=O) groups is 2. The van der Waals surface area contributed by atoms with Gasteiger partial charge in [-0.3, -0.25) is 9.59 Å². The van der Waals surface area contributed by atoms with Crippen molar-refractivity contribution >= 4 is 21.7 Å². The maximum Gasteiger partial charge on any atom is 0.323 e. The number of carboxylic acids is 1. The van der Waals surface area contributed by atoms with Crippen LogP contribution in [0.1, 0.15) is 18.1 Å². The molecule has 0 aliphatic heterocycles. The zero-order chi connectivity index (χ0) is 19.2. The number of carboxylic acid groups (broad SMARTS) is 1. The van der Waals surface area contributed by atoms with Crippen molar-refractivity contribution in [2.75, 3.05) is 12.3 Å². The smallest absolute Gasteiger partial charge is 0.323 e. The van der Waals surface area contributed by atoms with Crippen molar-refractivity contribution in [2.24, 2.45) is 0 Å². The highest BCUT2D eigenvalue weighted by atomic mass is 32.2. The number of carbonyl (C=O) groups excluding carboxylic acids is 1. The van der Waals surface area contributed by atoms with Gasteiger partial charge in [-0.2, -0.15) is 0 Å². The van der Waals surface area contributed by atoms with E-state index in [-0.39, 0.29) is 29.5 Å². The van der Waals surface area contributed by atoms with Gasteiger partial charge in [-0.1, -0.05) is 49.4 Å². The minimum absolute atomic E-state index is 0.0243. The molecule has 6 nitrogen and oxygen atoms in total. The van der Waals surface area contributed by atoms with E-state index in [9.17, 15) is 18.0 Å². The first kappa shape index (κ1) is 19.7. The molecule has 0 aromatic heterocycles. The number of rotatable bonds is 8.